The van der Waals surface area contributed by atoms with Crippen LogP contribution < -0.4 is 10.2 Å². The molecule has 3 rings (SSSR count). The maximum Gasteiger partial charge on any atom is 0.338 e. The monoisotopic (exact) mass is 366 g/mol. The number of rotatable bonds is 5. The lowest BCUT2D eigenvalue weighted by atomic mass is 10.1. The van der Waals surface area contributed by atoms with Crippen LogP contribution in [0.5, 0.6) is 0 Å². The molecule has 1 atom stereocenters. The zero-order valence-electron chi connectivity index (χ0n) is 14.7. The van der Waals surface area contributed by atoms with E-state index in [0.29, 0.717) is 16.9 Å². The van der Waals surface area contributed by atoms with E-state index in [1.165, 1.54) is 29.2 Å². The first-order valence-electron chi connectivity index (χ1n) is 8.48. The molecule has 7 heteroatoms. The lowest BCUT2D eigenvalue weighted by Gasteiger charge is -2.15. The number of nitrogens with zero attached hydrogens (tertiary/aromatic N) is 1. The normalized spacial score (nSPS) is 16.3. The molecule has 1 heterocycles. The molecular formula is C20H18N2O5. The van der Waals surface area contributed by atoms with Crippen LogP contribution >= 0.6 is 0 Å². The molecule has 0 aromatic heterocycles. The summed E-state index contributed by atoms with van der Waals surface area (Å²) in [4.78, 5) is 50.2. The molecule has 2 aromatic rings. The van der Waals surface area contributed by atoms with Gasteiger partial charge in [0.15, 0.2) is 11.7 Å². The Balaban J connectivity index is 1.70. The Bertz CT molecular complexity index is 877. The van der Waals surface area contributed by atoms with E-state index in [4.69, 9.17) is 4.74 Å². The van der Waals surface area contributed by atoms with Crippen molar-refractivity contribution >= 4 is 34.9 Å². The predicted molar refractivity (Wildman–Crippen MR) is 98.3 cm³/mol. The fraction of sp³-hybridized carbons (Fsp3) is 0.200. The number of hydrogen-bond donors (Lipinski definition) is 1. The molecule has 1 aliphatic heterocycles. The van der Waals surface area contributed by atoms with E-state index < -0.39 is 29.5 Å². The average molecular weight is 366 g/mol. The fourth-order valence-corrected chi connectivity index (χ4v) is 2.82. The van der Waals surface area contributed by atoms with E-state index in [0.717, 1.165) is 0 Å². The lowest BCUT2D eigenvalue weighted by Crippen LogP contribution is -2.34. The largest absolute Gasteiger partial charge is 0.462 e. The van der Waals surface area contributed by atoms with Gasteiger partial charge in [0.1, 0.15) is 0 Å². The molecule has 1 aliphatic rings. The number of para-hydroxylation sites is 1. The summed E-state index contributed by atoms with van der Waals surface area (Å²) in [5, 5.41) is 2.56. The molecule has 1 N–H and O–H groups in total. The van der Waals surface area contributed by atoms with Crippen molar-refractivity contribution in [1.29, 1.82) is 0 Å². The maximum atomic E-state index is 12.5. The van der Waals surface area contributed by atoms with Gasteiger partial charge in [-0.15, -0.1) is 0 Å². The molecule has 0 spiro atoms. The highest BCUT2D eigenvalue weighted by Crippen LogP contribution is 2.24. The van der Waals surface area contributed by atoms with Crippen LogP contribution in [0.2, 0.25) is 0 Å². The summed E-state index contributed by atoms with van der Waals surface area (Å²) in [6, 6.07) is 14.8. The van der Waals surface area contributed by atoms with Crippen molar-refractivity contribution in [2.24, 2.45) is 5.92 Å². The number of ketones is 1. The van der Waals surface area contributed by atoms with E-state index >= 15 is 0 Å². The number of ether oxygens (including phenoxy) is 1. The number of carbonyl (C=O) groups excluding carboxylic acids is 4. The third kappa shape index (κ3) is 3.87. The zero-order valence-corrected chi connectivity index (χ0v) is 14.7. The molecule has 0 unspecified atom stereocenters. The second kappa shape index (κ2) is 7.82. The SMILES string of the molecule is CCOC(=O)c1ccc(NC(=O)[C@H]2C(=O)CN(c3ccccc3)C2=O)cc1. The van der Waals surface area contributed by atoms with Gasteiger partial charge in [0, 0.05) is 11.4 Å². The minimum Gasteiger partial charge on any atom is -0.462 e. The number of hydrogen-bond acceptors (Lipinski definition) is 5. The molecule has 0 aliphatic carbocycles. The van der Waals surface area contributed by atoms with Crippen LogP contribution in [0.25, 0.3) is 0 Å². The van der Waals surface area contributed by atoms with Crippen molar-refractivity contribution in [3.05, 3.63) is 60.2 Å². The first-order valence-corrected chi connectivity index (χ1v) is 8.48. The van der Waals surface area contributed by atoms with Crippen LogP contribution in [0.1, 0.15) is 17.3 Å². The highest BCUT2D eigenvalue weighted by atomic mass is 16.5. The van der Waals surface area contributed by atoms with Crippen molar-refractivity contribution in [2.75, 3.05) is 23.4 Å². The Morgan fingerprint density at radius 1 is 1.07 bits per heavy atom. The topological polar surface area (TPSA) is 92.8 Å². The number of anilines is 2. The van der Waals surface area contributed by atoms with Gasteiger partial charge in [-0.25, -0.2) is 4.79 Å². The van der Waals surface area contributed by atoms with Crippen molar-refractivity contribution in [1.82, 2.24) is 0 Å². The molecule has 7 nitrogen and oxygen atoms in total. The lowest BCUT2D eigenvalue weighted by molar-refractivity contribution is -0.134. The van der Waals surface area contributed by atoms with E-state index in [1.807, 2.05) is 0 Å². The van der Waals surface area contributed by atoms with Gasteiger partial charge in [-0.2, -0.15) is 0 Å². The molecule has 1 fully saturated rings. The van der Waals surface area contributed by atoms with E-state index in [2.05, 4.69) is 5.32 Å². The Labute approximate surface area is 155 Å². The van der Waals surface area contributed by atoms with Crippen molar-refractivity contribution in [3.8, 4) is 0 Å². The average Bonchev–Trinajstić information content (AvgIpc) is 2.97. The molecule has 2 aromatic carbocycles. The van der Waals surface area contributed by atoms with Gasteiger partial charge in [-0.1, -0.05) is 18.2 Å². The molecule has 0 radical (unpaired) electrons. The number of benzene rings is 2. The van der Waals surface area contributed by atoms with Crippen LogP contribution in [0.15, 0.2) is 54.6 Å². The van der Waals surface area contributed by atoms with Crippen molar-refractivity contribution in [3.63, 3.8) is 0 Å². The molecule has 138 valence electrons. The van der Waals surface area contributed by atoms with Gasteiger partial charge >= 0.3 is 5.97 Å². The van der Waals surface area contributed by atoms with Gasteiger partial charge in [-0.3, -0.25) is 14.4 Å². The van der Waals surface area contributed by atoms with Gasteiger partial charge < -0.3 is 15.0 Å². The van der Waals surface area contributed by atoms with Crippen LogP contribution in [0.3, 0.4) is 0 Å². The van der Waals surface area contributed by atoms with Crippen molar-refractivity contribution < 1.29 is 23.9 Å². The van der Waals surface area contributed by atoms with Crippen LogP contribution in [-0.2, 0) is 19.1 Å². The summed E-state index contributed by atoms with van der Waals surface area (Å²) >= 11 is 0. The third-order valence-electron chi connectivity index (χ3n) is 4.14. The summed E-state index contributed by atoms with van der Waals surface area (Å²) in [7, 11) is 0. The van der Waals surface area contributed by atoms with Crippen LogP contribution in [0, 0.1) is 5.92 Å². The summed E-state index contributed by atoms with van der Waals surface area (Å²) < 4.78 is 4.89. The fourth-order valence-electron chi connectivity index (χ4n) is 2.82. The van der Waals surface area contributed by atoms with Crippen molar-refractivity contribution in [2.45, 2.75) is 6.92 Å². The zero-order chi connectivity index (χ0) is 19.4. The number of amides is 2. The van der Waals surface area contributed by atoms with E-state index in [-0.39, 0.29) is 13.2 Å². The standard InChI is InChI=1S/C20H18N2O5/c1-2-27-20(26)13-8-10-14(11-9-13)21-18(24)17-16(23)12-22(19(17)25)15-6-4-3-5-7-15/h3-11,17H,2,12H2,1H3,(H,21,24)/t17-/m1/s1. The molecule has 0 saturated carbocycles. The molecular weight excluding hydrogens is 348 g/mol. The number of nitrogens with one attached hydrogen (secondary N) is 1. The number of esters is 1. The van der Waals surface area contributed by atoms with Gasteiger partial charge in [-0.05, 0) is 43.3 Å². The van der Waals surface area contributed by atoms with Crippen LogP contribution in [0.4, 0.5) is 11.4 Å². The smallest absolute Gasteiger partial charge is 0.338 e. The predicted octanol–water partition coefficient (Wildman–Crippen LogP) is 2.03. The summed E-state index contributed by atoms with van der Waals surface area (Å²) in [5.74, 6) is -3.53. The second-order valence-corrected chi connectivity index (χ2v) is 5.95. The third-order valence-corrected chi connectivity index (χ3v) is 4.14. The minimum atomic E-state index is -1.38. The highest BCUT2D eigenvalue weighted by molar-refractivity contribution is 6.30. The van der Waals surface area contributed by atoms with Gasteiger partial charge in [0.05, 0.1) is 18.7 Å². The molecule has 1 saturated heterocycles. The second-order valence-electron chi connectivity index (χ2n) is 5.95. The Kier molecular flexibility index (Phi) is 5.30. The Morgan fingerprint density at radius 2 is 1.74 bits per heavy atom. The van der Waals surface area contributed by atoms with Crippen LogP contribution in [-0.4, -0.2) is 36.7 Å². The maximum absolute atomic E-state index is 12.5. The van der Waals surface area contributed by atoms with Gasteiger partial charge in [0.2, 0.25) is 11.8 Å². The van der Waals surface area contributed by atoms with Gasteiger partial charge in [0.25, 0.3) is 0 Å². The number of Topliss-reactive ketones (excluding diaryl/α,β-unsaturated/α-hetero) is 1. The first kappa shape index (κ1) is 18.3. The Hall–Kier alpha value is -3.48. The van der Waals surface area contributed by atoms with E-state index in [1.54, 1.807) is 37.3 Å². The molecule has 0 bridgehead atoms. The molecule has 27 heavy (non-hydrogen) atoms. The summed E-state index contributed by atoms with van der Waals surface area (Å²) in [5.41, 5.74) is 1.30. The summed E-state index contributed by atoms with van der Waals surface area (Å²) in [6.45, 7) is 1.84. The molecule has 2 amide bonds. The minimum absolute atomic E-state index is 0.136. The quantitative estimate of drug-likeness (QED) is 0.646. The highest BCUT2D eigenvalue weighted by Gasteiger charge is 2.44. The first-order chi connectivity index (χ1) is 13.0. The van der Waals surface area contributed by atoms with E-state index in [9.17, 15) is 19.2 Å². The Morgan fingerprint density at radius 3 is 2.37 bits per heavy atom. The summed E-state index contributed by atoms with van der Waals surface area (Å²) in [6.07, 6.45) is 0. The number of carbonyl (C=O) groups is 4.